The lowest BCUT2D eigenvalue weighted by Crippen LogP contribution is -2.26. The molecule has 4 heterocycles. The van der Waals surface area contributed by atoms with Crippen LogP contribution in [0.15, 0.2) is 43.0 Å². The van der Waals surface area contributed by atoms with E-state index in [0.717, 1.165) is 55.0 Å². The van der Waals surface area contributed by atoms with Gasteiger partial charge in [-0.2, -0.15) is 5.10 Å². The summed E-state index contributed by atoms with van der Waals surface area (Å²) < 4.78 is 0. The normalized spacial score (nSPS) is 19.0. The number of fused-ring (bicyclic) bond motifs is 1. The molecule has 0 spiro atoms. The Morgan fingerprint density at radius 2 is 1.63 bits per heavy atom. The maximum Gasteiger partial charge on any atom is 0.147 e. The first-order valence-corrected chi connectivity index (χ1v) is 8.88. The number of halogens is 4. The van der Waals surface area contributed by atoms with Crippen LogP contribution in [-0.2, 0) is 0 Å². The van der Waals surface area contributed by atoms with Gasteiger partial charge in [-0.15, -0.1) is 49.6 Å². The van der Waals surface area contributed by atoms with Crippen molar-refractivity contribution >= 4 is 55.4 Å². The Hall–Kier alpha value is -1.77. The molecule has 11 heteroatoms. The van der Waals surface area contributed by atoms with Gasteiger partial charge in [0, 0.05) is 43.5 Å². The lowest BCUT2D eigenvalue weighted by atomic mass is 10.0. The van der Waals surface area contributed by atoms with Gasteiger partial charge in [-0.05, 0) is 29.5 Å². The SMILES string of the molecule is Cl.Cl.Cl.Cl.Oc1cc(-c2cn[nH]c2)ccc1-c1cnc(N2CC3CNCC3C2)cn1. The second-order valence-electron chi connectivity index (χ2n) is 7.06. The highest BCUT2D eigenvalue weighted by Gasteiger charge is 2.36. The molecule has 2 unspecified atom stereocenters. The Balaban J connectivity index is 0.00000112. The van der Waals surface area contributed by atoms with E-state index < -0.39 is 0 Å². The first-order valence-electron chi connectivity index (χ1n) is 8.88. The van der Waals surface area contributed by atoms with Crippen LogP contribution in [0.25, 0.3) is 22.4 Å². The van der Waals surface area contributed by atoms with Gasteiger partial charge in [0.1, 0.15) is 11.6 Å². The predicted molar refractivity (Wildman–Crippen MR) is 128 cm³/mol. The summed E-state index contributed by atoms with van der Waals surface area (Å²) >= 11 is 0. The van der Waals surface area contributed by atoms with Gasteiger partial charge >= 0.3 is 0 Å². The number of H-pyrrole nitrogens is 1. The summed E-state index contributed by atoms with van der Waals surface area (Å²) in [6.07, 6.45) is 7.08. The van der Waals surface area contributed by atoms with Crippen LogP contribution in [0, 0.1) is 11.8 Å². The molecule has 2 aliphatic rings. The number of benzene rings is 1. The highest BCUT2D eigenvalue weighted by molar-refractivity contribution is 5.86. The number of aromatic nitrogens is 4. The molecule has 30 heavy (non-hydrogen) atoms. The van der Waals surface area contributed by atoms with Crippen molar-refractivity contribution in [2.75, 3.05) is 31.1 Å². The third kappa shape index (κ3) is 4.92. The third-order valence-corrected chi connectivity index (χ3v) is 5.46. The molecular formula is C19H24Cl4N6O. The number of anilines is 1. The number of aromatic hydroxyl groups is 1. The summed E-state index contributed by atoms with van der Waals surface area (Å²) in [6, 6.07) is 5.54. The molecule has 0 saturated carbocycles. The van der Waals surface area contributed by atoms with E-state index in [-0.39, 0.29) is 55.4 Å². The molecule has 5 rings (SSSR count). The Kier molecular flexibility index (Phi) is 9.65. The van der Waals surface area contributed by atoms with Crippen molar-refractivity contribution in [3.05, 3.63) is 43.0 Å². The van der Waals surface area contributed by atoms with Gasteiger partial charge in [0.2, 0.25) is 0 Å². The quantitative estimate of drug-likeness (QED) is 0.516. The number of phenols is 1. The zero-order valence-electron chi connectivity index (χ0n) is 15.9. The van der Waals surface area contributed by atoms with Crippen LogP contribution in [0.3, 0.4) is 0 Å². The van der Waals surface area contributed by atoms with Crippen molar-refractivity contribution in [2.45, 2.75) is 0 Å². The Labute approximate surface area is 199 Å². The average molecular weight is 494 g/mol. The maximum absolute atomic E-state index is 10.4. The molecule has 3 N–H and O–H groups in total. The minimum absolute atomic E-state index is 0. The van der Waals surface area contributed by atoms with Gasteiger partial charge < -0.3 is 15.3 Å². The smallest absolute Gasteiger partial charge is 0.147 e. The molecule has 3 aromatic rings. The van der Waals surface area contributed by atoms with Crippen LogP contribution in [0.1, 0.15) is 0 Å². The lowest BCUT2D eigenvalue weighted by Gasteiger charge is -2.18. The molecule has 2 aliphatic heterocycles. The standard InChI is InChI=1S/C19H20N6O.4ClH/c26-18-3-12(13-6-23-24-7-13)1-2-16(18)17-8-22-19(9-21-17)25-10-14-4-20-5-15(14)11-25;;;;/h1-3,6-9,14-15,20,26H,4-5,10-11H2,(H,23,24);4*1H. The number of hydrogen-bond donors (Lipinski definition) is 3. The maximum atomic E-state index is 10.4. The van der Waals surface area contributed by atoms with Crippen molar-refractivity contribution in [2.24, 2.45) is 11.8 Å². The van der Waals surface area contributed by atoms with Gasteiger partial charge in [-0.25, -0.2) is 4.98 Å². The van der Waals surface area contributed by atoms with Crippen molar-refractivity contribution in [1.82, 2.24) is 25.5 Å². The molecule has 0 radical (unpaired) electrons. The van der Waals surface area contributed by atoms with Crippen molar-refractivity contribution < 1.29 is 5.11 Å². The van der Waals surface area contributed by atoms with Crippen LogP contribution < -0.4 is 10.2 Å². The monoisotopic (exact) mass is 492 g/mol. The number of nitrogens with one attached hydrogen (secondary N) is 2. The van der Waals surface area contributed by atoms with Crippen molar-refractivity contribution in [3.8, 4) is 28.1 Å². The fourth-order valence-electron chi connectivity index (χ4n) is 4.00. The van der Waals surface area contributed by atoms with Crippen molar-refractivity contribution in [1.29, 1.82) is 0 Å². The second kappa shape index (κ2) is 11.0. The summed E-state index contributed by atoms with van der Waals surface area (Å²) in [6.45, 7) is 4.28. The molecule has 2 fully saturated rings. The first-order chi connectivity index (χ1) is 12.8. The van der Waals surface area contributed by atoms with Gasteiger partial charge in [0.05, 0.1) is 24.3 Å². The van der Waals surface area contributed by atoms with Gasteiger partial charge in [-0.1, -0.05) is 6.07 Å². The Morgan fingerprint density at radius 3 is 2.20 bits per heavy atom. The molecule has 7 nitrogen and oxygen atoms in total. The molecule has 2 atom stereocenters. The summed E-state index contributed by atoms with van der Waals surface area (Å²) in [5.74, 6) is 2.54. The lowest BCUT2D eigenvalue weighted by molar-refractivity contribution is 0.477. The van der Waals surface area contributed by atoms with E-state index in [1.54, 1.807) is 24.7 Å². The van der Waals surface area contributed by atoms with E-state index >= 15 is 0 Å². The van der Waals surface area contributed by atoms with Crippen LogP contribution in [-0.4, -0.2) is 51.5 Å². The predicted octanol–water partition coefficient (Wildman–Crippen LogP) is 3.58. The number of aromatic amines is 1. The fourth-order valence-corrected chi connectivity index (χ4v) is 4.00. The zero-order chi connectivity index (χ0) is 17.5. The number of phenolic OH excluding ortho intramolecular Hbond substituents is 1. The molecule has 0 amide bonds. The summed E-state index contributed by atoms with van der Waals surface area (Å²) in [4.78, 5) is 11.5. The molecule has 1 aromatic carbocycles. The van der Waals surface area contributed by atoms with E-state index in [2.05, 4.69) is 30.4 Å². The topological polar surface area (TPSA) is 90.0 Å². The van der Waals surface area contributed by atoms with E-state index in [0.29, 0.717) is 11.3 Å². The minimum atomic E-state index is 0. The molecule has 0 aliphatic carbocycles. The van der Waals surface area contributed by atoms with Crippen LogP contribution in [0.4, 0.5) is 5.82 Å². The third-order valence-electron chi connectivity index (χ3n) is 5.46. The number of nitrogens with zero attached hydrogens (tertiary/aromatic N) is 4. The zero-order valence-corrected chi connectivity index (χ0v) is 19.2. The van der Waals surface area contributed by atoms with E-state index in [4.69, 9.17) is 0 Å². The Bertz CT molecular complexity index is 913. The molecular weight excluding hydrogens is 470 g/mol. The van der Waals surface area contributed by atoms with Gasteiger partial charge in [-0.3, -0.25) is 10.1 Å². The first kappa shape index (κ1) is 26.3. The fraction of sp³-hybridized carbons (Fsp3) is 0.316. The van der Waals surface area contributed by atoms with Crippen LogP contribution in [0.2, 0.25) is 0 Å². The van der Waals surface area contributed by atoms with E-state index in [1.165, 1.54) is 0 Å². The molecule has 2 aromatic heterocycles. The highest BCUT2D eigenvalue weighted by Crippen LogP contribution is 2.33. The van der Waals surface area contributed by atoms with Crippen LogP contribution >= 0.6 is 49.6 Å². The molecule has 164 valence electrons. The minimum Gasteiger partial charge on any atom is -0.507 e. The molecule has 0 bridgehead atoms. The molecule has 2 saturated heterocycles. The number of hydrogen-bond acceptors (Lipinski definition) is 6. The average Bonchev–Trinajstić information content (AvgIpc) is 3.39. The van der Waals surface area contributed by atoms with Gasteiger partial charge in [0.15, 0.2) is 0 Å². The summed E-state index contributed by atoms with van der Waals surface area (Å²) in [5.41, 5.74) is 3.19. The van der Waals surface area contributed by atoms with Gasteiger partial charge in [0.25, 0.3) is 0 Å². The van der Waals surface area contributed by atoms with Crippen LogP contribution in [0.5, 0.6) is 5.75 Å². The Morgan fingerprint density at radius 1 is 0.900 bits per heavy atom. The summed E-state index contributed by atoms with van der Waals surface area (Å²) in [5, 5.41) is 20.6. The van der Waals surface area contributed by atoms with E-state index in [1.807, 2.05) is 18.3 Å². The number of rotatable bonds is 3. The highest BCUT2D eigenvalue weighted by atomic mass is 35.5. The second-order valence-corrected chi connectivity index (χ2v) is 7.06. The van der Waals surface area contributed by atoms with Crippen molar-refractivity contribution in [3.63, 3.8) is 0 Å². The summed E-state index contributed by atoms with van der Waals surface area (Å²) in [7, 11) is 0. The van der Waals surface area contributed by atoms with E-state index in [9.17, 15) is 5.11 Å². The largest absolute Gasteiger partial charge is 0.507 e.